The summed E-state index contributed by atoms with van der Waals surface area (Å²) in [7, 11) is 5.25. The molecule has 4 aromatic heterocycles. The lowest BCUT2D eigenvalue weighted by atomic mass is 10.1. The molecular weight excluding hydrogens is 427 g/mol. The second kappa shape index (κ2) is 7.41. The van der Waals surface area contributed by atoms with E-state index in [1.807, 2.05) is 31.6 Å². The number of hydrogen-bond acceptors (Lipinski definition) is 5. The van der Waals surface area contributed by atoms with Gasteiger partial charge in [-0.2, -0.15) is 15.3 Å². The molecule has 0 N–H and O–H groups in total. The summed E-state index contributed by atoms with van der Waals surface area (Å²) in [5.41, 5.74) is 5.04. The summed E-state index contributed by atoms with van der Waals surface area (Å²) < 4.78 is 4.96. The molecule has 4 heterocycles. The molecule has 1 amide bonds. The Bertz CT molecular complexity index is 1290. The van der Waals surface area contributed by atoms with Crippen molar-refractivity contribution in [2.24, 2.45) is 14.1 Å². The first-order chi connectivity index (χ1) is 14.2. The summed E-state index contributed by atoms with van der Waals surface area (Å²) in [4.78, 5) is 18.9. The van der Waals surface area contributed by atoms with Gasteiger partial charge in [-0.05, 0) is 19.9 Å². The van der Waals surface area contributed by atoms with Crippen molar-refractivity contribution in [3.8, 4) is 11.3 Å². The van der Waals surface area contributed by atoms with Crippen LogP contribution in [0.4, 0.5) is 0 Å². The molecule has 0 fully saturated rings. The van der Waals surface area contributed by atoms with Crippen molar-refractivity contribution in [2.75, 3.05) is 7.05 Å². The zero-order chi connectivity index (χ0) is 21.7. The Morgan fingerprint density at radius 1 is 1.13 bits per heavy atom. The van der Waals surface area contributed by atoms with E-state index >= 15 is 0 Å². The molecule has 0 aliphatic heterocycles. The van der Waals surface area contributed by atoms with E-state index in [-0.39, 0.29) is 18.1 Å². The van der Waals surface area contributed by atoms with Gasteiger partial charge in [0.05, 0.1) is 17.9 Å². The lowest BCUT2D eigenvalue weighted by molar-refractivity contribution is 0.0777. The van der Waals surface area contributed by atoms with Crippen LogP contribution in [0.25, 0.3) is 16.9 Å². The van der Waals surface area contributed by atoms with Crippen LogP contribution in [0.5, 0.6) is 0 Å². The van der Waals surface area contributed by atoms with E-state index in [0.717, 1.165) is 22.6 Å². The zero-order valence-electron chi connectivity index (χ0n) is 17.2. The number of aryl methyl sites for hydroxylation is 3. The minimum absolute atomic E-state index is 0.202. The molecule has 0 unspecified atom stereocenters. The van der Waals surface area contributed by atoms with E-state index in [0.29, 0.717) is 21.5 Å². The highest BCUT2D eigenvalue weighted by Gasteiger charge is 2.22. The number of halogens is 2. The predicted molar refractivity (Wildman–Crippen MR) is 114 cm³/mol. The average Bonchev–Trinajstić information content (AvgIpc) is 3.32. The Hall–Kier alpha value is -2.91. The average molecular weight is 447 g/mol. The predicted octanol–water partition coefficient (Wildman–Crippen LogP) is 3.06. The van der Waals surface area contributed by atoms with Crippen LogP contribution in [0.2, 0.25) is 10.2 Å². The van der Waals surface area contributed by atoms with Crippen molar-refractivity contribution in [2.45, 2.75) is 20.4 Å². The first-order valence-electron chi connectivity index (χ1n) is 9.16. The summed E-state index contributed by atoms with van der Waals surface area (Å²) >= 11 is 12.3. The number of fused-ring (bicyclic) bond motifs is 1. The van der Waals surface area contributed by atoms with Gasteiger partial charge in [0.1, 0.15) is 15.9 Å². The number of carbonyl (C=O) groups excluding carboxylic acids is 1. The summed E-state index contributed by atoms with van der Waals surface area (Å²) in [5.74, 6) is -0.274. The van der Waals surface area contributed by atoms with E-state index in [1.54, 1.807) is 30.9 Å². The third-order valence-electron chi connectivity index (χ3n) is 5.07. The van der Waals surface area contributed by atoms with Crippen molar-refractivity contribution in [1.82, 2.24) is 39.1 Å². The molecule has 0 radical (unpaired) electrons. The third kappa shape index (κ3) is 3.23. The Morgan fingerprint density at radius 2 is 1.87 bits per heavy atom. The first-order valence-corrected chi connectivity index (χ1v) is 9.92. The first kappa shape index (κ1) is 20.4. The lowest BCUT2D eigenvalue weighted by Gasteiger charge is -2.14. The SMILES string of the molecule is Cc1nn(C)c(C)c1-c1ccnc2cc(C(=O)N(C)Cc3nn(C)c(Cl)c3Cl)nn12. The van der Waals surface area contributed by atoms with Crippen LogP contribution in [0.3, 0.4) is 0 Å². The molecule has 0 bridgehead atoms. The fourth-order valence-electron chi connectivity index (χ4n) is 3.46. The Kier molecular flexibility index (Phi) is 5.03. The maximum atomic E-state index is 13.0. The monoisotopic (exact) mass is 446 g/mol. The van der Waals surface area contributed by atoms with Gasteiger partial charge in [0.15, 0.2) is 11.3 Å². The van der Waals surface area contributed by atoms with Gasteiger partial charge in [-0.25, -0.2) is 9.50 Å². The highest BCUT2D eigenvalue weighted by molar-refractivity contribution is 6.41. The largest absolute Gasteiger partial charge is 0.334 e. The molecule has 0 saturated heterocycles. The maximum absolute atomic E-state index is 13.0. The third-order valence-corrected chi connectivity index (χ3v) is 5.99. The van der Waals surface area contributed by atoms with Gasteiger partial charge in [-0.3, -0.25) is 14.2 Å². The molecule has 30 heavy (non-hydrogen) atoms. The summed E-state index contributed by atoms with van der Waals surface area (Å²) in [5, 5.41) is 13.9. The van der Waals surface area contributed by atoms with Crippen LogP contribution in [0.1, 0.15) is 27.6 Å². The van der Waals surface area contributed by atoms with Gasteiger partial charge < -0.3 is 4.90 Å². The van der Waals surface area contributed by atoms with Gasteiger partial charge in [0.2, 0.25) is 0 Å². The number of rotatable bonds is 4. The summed E-state index contributed by atoms with van der Waals surface area (Å²) in [6, 6.07) is 3.53. The van der Waals surface area contributed by atoms with Crippen molar-refractivity contribution in [1.29, 1.82) is 0 Å². The molecule has 0 spiro atoms. The van der Waals surface area contributed by atoms with Crippen LogP contribution in [-0.2, 0) is 20.6 Å². The smallest absolute Gasteiger partial charge is 0.274 e. The highest BCUT2D eigenvalue weighted by Crippen LogP contribution is 2.28. The number of nitrogens with zero attached hydrogens (tertiary/aromatic N) is 8. The second-order valence-corrected chi connectivity index (χ2v) is 7.87. The second-order valence-electron chi connectivity index (χ2n) is 7.14. The normalized spacial score (nSPS) is 11.4. The lowest BCUT2D eigenvalue weighted by Crippen LogP contribution is -2.27. The van der Waals surface area contributed by atoms with Crippen LogP contribution >= 0.6 is 23.2 Å². The molecule has 0 saturated carbocycles. The van der Waals surface area contributed by atoms with Crippen molar-refractivity contribution in [3.05, 3.63) is 51.3 Å². The Labute approximate surface area is 182 Å². The fraction of sp³-hybridized carbons (Fsp3) is 0.316. The summed E-state index contributed by atoms with van der Waals surface area (Å²) in [6.07, 6.45) is 1.70. The van der Waals surface area contributed by atoms with Gasteiger partial charge in [-0.1, -0.05) is 23.2 Å². The highest BCUT2D eigenvalue weighted by atomic mass is 35.5. The van der Waals surface area contributed by atoms with Gasteiger partial charge >= 0.3 is 0 Å². The molecule has 4 rings (SSSR count). The van der Waals surface area contributed by atoms with E-state index in [9.17, 15) is 4.79 Å². The molecule has 9 nitrogen and oxygen atoms in total. The van der Waals surface area contributed by atoms with Crippen LogP contribution < -0.4 is 0 Å². The van der Waals surface area contributed by atoms with Gasteiger partial charge in [0, 0.05) is 44.7 Å². The maximum Gasteiger partial charge on any atom is 0.274 e. The van der Waals surface area contributed by atoms with Crippen LogP contribution in [0.15, 0.2) is 18.3 Å². The van der Waals surface area contributed by atoms with Gasteiger partial charge in [-0.15, -0.1) is 0 Å². The molecule has 156 valence electrons. The van der Waals surface area contributed by atoms with E-state index in [2.05, 4.69) is 20.3 Å². The number of amides is 1. The quantitative estimate of drug-likeness (QED) is 0.480. The van der Waals surface area contributed by atoms with Crippen molar-refractivity contribution in [3.63, 3.8) is 0 Å². The Balaban J connectivity index is 1.70. The number of hydrogen-bond donors (Lipinski definition) is 0. The molecule has 0 atom stereocenters. The molecular formula is C19H20Cl2N8O. The van der Waals surface area contributed by atoms with E-state index in [1.165, 1.54) is 9.58 Å². The van der Waals surface area contributed by atoms with Gasteiger partial charge in [0.25, 0.3) is 5.91 Å². The molecule has 0 aliphatic carbocycles. The molecule has 4 aromatic rings. The Morgan fingerprint density at radius 3 is 2.47 bits per heavy atom. The number of aromatic nitrogens is 7. The van der Waals surface area contributed by atoms with Crippen molar-refractivity contribution < 1.29 is 4.79 Å². The summed E-state index contributed by atoms with van der Waals surface area (Å²) in [6.45, 7) is 4.14. The standard InChI is InChI=1S/C19H20Cl2N8O/c1-10-16(11(2)27(4)23-10)14-6-7-22-15-8-12(25-29(14)15)19(30)26(3)9-13-17(20)18(21)28(5)24-13/h6-8H,9H2,1-5H3. The zero-order valence-corrected chi connectivity index (χ0v) is 18.7. The minimum Gasteiger partial charge on any atom is -0.334 e. The van der Waals surface area contributed by atoms with Crippen molar-refractivity contribution >= 4 is 34.8 Å². The van der Waals surface area contributed by atoms with Crippen LogP contribution in [0, 0.1) is 13.8 Å². The molecule has 0 aromatic carbocycles. The topological polar surface area (TPSA) is 86.1 Å². The fourth-order valence-corrected chi connectivity index (χ4v) is 3.82. The molecule has 0 aliphatic rings. The number of carbonyl (C=O) groups is 1. The van der Waals surface area contributed by atoms with Crippen LogP contribution in [-0.4, -0.2) is 52.0 Å². The molecule has 11 heteroatoms. The van der Waals surface area contributed by atoms with E-state index < -0.39 is 0 Å². The van der Waals surface area contributed by atoms with E-state index in [4.69, 9.17) is 23.2 Å². The minimum atomic E-state index is -0.274.